The summed E-state index contributed by atoms with van der Waals surface area (Å²) in [6.07, 6.45) is 0.451. The maximum Gasteiger partial charge on any atom is 0.251 e. The van der Waals surface area contributed by atoms with Crippen LogP contribution in [0.4, 0.5) is 0 Å². The second kappa shape index (κ2) is 9.02. The van der Waals surface area contributed by atoms with Crippen molar-refractivity contribution in [3.05, 3.63) is 65.2 Å². The Labute approximate surface area is 160 Å². The normalized spacial score (nSPS) is 19.7. The van der Waals surface area contributed by atoms with Gasteiger partial charge in [-0.3, -0.25) is 4.79 Å². The number of hydrogen-bond donors (Lipinski definition) is 2. The third-order valence-electron chi connectivity index (χ3n) is 4.85. The molecular formula is C22H27NO4. The van der Waals surface area contributed by atoms with Crippen molar-refractivity contribution in [2.45, 2.75) is 44.9 Å². The van der Waals surface area contributed by atoms with E-state index in [9.17, 15) is 4.79 Å². The minimum Gasteiger partial charge on any atom is -0.486 e. The first-order valence-corrected chi connectivity index (χ1v) is 9.42. The van der Waals surface area contributed by atoms with Crippen LogP contribution in [0.2, 0.25) is 0 Å². The van der Waals surface area contributed by atoms with E-state index in [1.165, 1.54) is 5.56 Å². The number of carbonyl (C=O) groups excluding carboxylic acids is 1. The fourth-order valence-corrected chi connectivity index (χ4v) is 3.11. The molecule has 0 spiro atoms. The molecule has 2 aromatic rings. The fraction of sp³-hybridized carbons (Fsp3) is 0.409. The van der Waals surface area contributed by atoms with E-state index < -0.39 is 0 Å². The molecule has 0 aromatic heterocycles. The maximum absolute atomic E-state index is 12.6. The number of aliphatic hydroxyl groups is 1. The number of benzene rings is 2. The largest absolute Gasteiger partial charge is 0.486 e. The second-order valence-corrected chi connectivity index (χ2v) is 7.18. The summed E-state index contributed by atoms with van der Waals surface area (Å²) in [5.41, 5.74) is 2.69. The van der Waals surface area contributed by atoms with Crippen LogP contribution >= 0.6 is 0 Å². The van der Waals surface area contributed by atoms with Gasteiger partial charge in [0.2, 0.25) is 0 Å². The van der Waals surface area contributed by atoms with Crippen LogP contribution in [0.3, 0.4) is 0 Å². The first-order chi connectivity index (χ1) is 13.1. The highest BCUT2D eigenvalue weighted by Crippen LogP contribution is 2.20. The Kier molecular flexibility index (Phi) is 6.48. The fourth-order valence-electron chi connectivity index (χ4n) is 3.11. The van der Waals surface area contributed by atoms with Crippen molar-refractivity contribution in [1.82, 2.24) is 5.32 Å². The molecule has 27 heavy (non-hydrogen) atoms. The van der Waals surface area contributed by atoms with Crippen LogP contribution in [0.1, 0.15) is 47.7 Å². The Morgan fingerprint density at radius 3 is 2.52 bits per heavy atom. The van der Waals surface area contributed by atoms with Gasteiger partial charge in [0.1, 0.15) is 11.9 Å². The van der Waals surface area contributed by atoms with Gasteiger partial charge >= 0.3 is 0 Å². The van der Waals surface area contributed by atoms with Gasteiger partial charge in [-0.1, -0.05) is 38.1 Å². The zero-order valence-electron chi connectivity index (χ0n) is 15.9. The SMILES string of the molecule is CC(C)c1ccc(C(=O)N[C@@H]2CCOC[C@H]2Oc2ccc(CO)cc2)cc1. The molecule has 144 valence electrons. The zero-order valence-corrected chi connectivity index (χ0v) is 15.9. The number of hydrogen-bond acceptors (Lipinski definition) is 4. The number of rotatable bonds is 6. The molecule has 2 atom stereocenters. The van der Waals surface area contributed by atoms with Crippen molar-refractivity contribution < 1.29 is 19.4 Å². The molecule has 0 bridgehead atoms. The van der Waals surface area contributed by atoms with E-state index in [0.717, 1.165) is 5.56 Å². The Hall–Kier alpha value is -2.37. The van der Waals surface area contributed by atoms with Gasteiger partial charge in [-0.15, -0.1) is 0 Å². The lowest BCUT2D eigenvalue weighted by Crippen LogP contribution is -2.51. The van der Waals surface area contributed by atoms with Crippen molar-refractivity contribution >= 4 is 5.91 Å². The molecule has 5 nitrogen and oxygen atoms in total. The topological polar surface area (TPSA) is 67.8 Å². The number of ether oxygens (including phenoxy) is 2. The molecular weight excluding hydrogens is 342 g/mol. The smallest absolute Gasteiger partial charge is 0.251 e. The number of amides is 1. The predicted molar refractivity (Wildman–Crippen MR) is 104 cm³/mol. The van der Waals surface area contributed by atoms with Crippen molar-refractivity contribution in [3.63, 3.8) is 0 Å². The summed E-state index contributed by atoms with van der Waals surface area (Å²) >= 11 is 0. The minimum absolute atomic E-state index is 0.00109. The Morgan fingerprint density at radius 2 is 1.89 bits per heavy atom. The third kappa shape index (κ3) is 5.08. The van der Waals surface area contributed by atoms with Gasteiger partial charge in [-0.2, -0.15) is 0 Å². The van der Waals surface area contributed by atoms with Gasteiger partial charge in [0.25, 0.3) is 5.91 Å². The molecule has 5 heteroatoms. The molecule has 1 amide bonds. The van der Waals surface area contributed by atoms with E-state index in [0.29, 0.717) is 36.9 Å². The molecule has 3 rings (SSSR count). The van der Waals surface area contributed by atoms with E-state index in [4.69, 9.17) is 14.6 Å². The summed E-state index contributed by atoms with van der Waals surface area (Å²) in [6, 6.07) is 14.9. The van der Waals surface area contributed by atoms with Gasteiger partial charge in [0.05, 0.1) is 19.3 Å². The summed E-state index contributed by atoms with van der Waals surface area (Å²) in [4.78, 5) is 12.6. The van der Waals surface area contributed by atoms with Gasteiger partial charge in [0.15, 0.2) is 0 Å². The Morgan fingerprint density at radius 1 is 1.19 bits per heavy atom. The highest BCUT2D eigenvalue weighted by molar-refractivity contribution is 5.94. The molecule has 2 N–H and O–H groups in total. The molecule has 1 aliphatic rings. The van der Waals surface area contributed by atoms with Gasteiger partial charge in [-0.05, 0) is 47.7 Å². The predicted octanol–water partition coefficient (Wildman–Crippen LogP) is 3.27. The average molecular weight is 369 g/mol. The summed E-state index contributed by atoms with van der Waals surface area (Å²) in [6.45, 7) is 5.29. The average Bonchev–Trinajstić information content (AvgIpc) is 2.70. The Balaban J connectivity index is 1.64. The molecule has 0 radical (unpaired) electrons. The first-order valence-electron chi connectivity index (χ1n) is 9.42. The second-order valence-electron chi connectivity index (χ2n) is 7.18. The molecule has 0 unspecified atom stereocenters. The van der Waals surface area contributed by atoms with Crippen LogP contribution in [0, 0.1) is 0 Å². The number of carbonyl (C=O) groups is 1. The number of aliphatic hydroxyl groups excluding tert-OH is 1. The first kappa shape index (κ1) is 19.4. The zero-order chi connectivity index (χ0) is 19.2. The van der Waals surface area contributed by atoms with Gasteiger partial charge in [-0.25, -0.2) is 0 Å². The monoisotopic (exact) mass is 369 g/mol. The van der Waals surface area contributed by atoms with E-state index in [2.05, 4.69) is 19.2 Å². The van der Waals surface area contributed by atoms with Crippen LogP contribution in [0.25, 0.3) is 0 Å². The van der Waals surface area contributed by atoms with Crippen molar-refractivity contribution in [2.24, 2.45) is 0 Å². The van der Waals surface area contributed by atoms with Crippen LogP contribution in [-0.2, 0) is 11.3 Å². The molecule has 0 saturated carbocycles. The van der Waals surface area contributed by atoms with E-state index in [-0.39, 0.29) is 24.7 Å². The molecule has 1 aliphatic heterocycles. The Bertz CT molecular complexity index is 740. The van der Waals surface area contributed by atoms with Crippen molar-refractivity contribution in [2.75, 3.05) is 13.2 Å². The van der Waals surface area contributed by atoms with Crippen molar-refractivity contribution in [3.8, 4) is 5.75 Å². The van der Waals surface area contributed by atoms with Crippen LogP contribution in [0.15, 0.2) is 48.5 Å². The van der Waals surface area contributed by atoms with Crippen LogP contribution in [-0.4, -0.2) is 36.4 Å². The number of nitrogens with one attached hydrogen (secondary N) is 1. The van der Waals surface area contributed by atoms with Gasteiger partial charge < -0.3 is 19.9 Å². The lowest BCUT2D eigenvalue weighted by atomic mass is 10.0. The van der Waals surface area contributed by atoms with E-state index in [1.807, 2.05) is 48.5 Å². The molecule has 0 aliphatic carbocycles. The third-order valence-corrected chi connectivity index (χ3v) is 4.85. The molecule has 1 saturated heterocycles. The van der Waals surface area contributed by atoms with Crippen molar-refractivity contribution in [1.29, 1.82) is 0 Å². The molecule has 1 fully saturated rings. The lowest BCUT2D eigenvalue weighted by molar-refractivity contribution is -0.0135. The molecule has 2 aromatic carbocycles. The maximum atomic E-state index is 12.6. The quantitative estimate of drug-likeness (QED) is 0.820. The summed E-state index contributed by atoms with van der Waals surface area (Å²) < 4.78 is 11.6. The van der Waals surface area contributed by atoms with Crippen LogP contribution < -0.4 is 10.1 Å². The minimum atomic E-state index is -0.252. The molecule has 1 heterocycles. The standard InChI is InChI=1S/C22H27NO4/c1-15(2)17-5-7-18(8-6-17)22(25)23-20-11-12-26-14-21(20)27-19-9-3-16(13-24)4-10-19/h3-10,15,20-21,24H,11-14H2,1-2H3,(H,23,25)/t20-,21-/m1/s1. The highest BCUT2D eigenvalue weighted by Gasteiger charge is 2.29. The van der Waals surface area contributed by atoms with E-state index in [1.54, 1.807) is 0 Å². The van der Waals surface area contributed by atoms with E-state index >= 15 is 0 Å². The highest BCUT2D eigenvalue weighted by atomic mass is 16.5. The summed E-state index contributed by atoms with van der Waals surface area (Å²) in [5, 5.41) is 12.2. The van der Waals surface area contributed by atoms with Gasteiger partial charge in [0, 0.05) is 12.2 Å². The lowest BCUT2D eigenvalue weighted by Gasteiger charge is -2.32. The summed E-state index contributed by atoms with van der Waals surface area (Å²) in [7, 11) is 0. The summed E-state index contributed by atoms with van der Waals surface area (Å²) in [5.74, 6) is 1.04. The van der Waals surface area contributed by atoms with Crippen LogP contribution in [0.5, 0.6) is 5.75 Å².